The molecule has 0 aromatic rings. The third kappa shape index (κ3) is 29.5. The predicted molar refractivity (Wildman–Crippen MR) is 170 cm³/mol. The highest BCUT2D eigenvalue weighted by molar-refractivity contribution is 5.72. The number of allylic oxidation sites excluding steroid dienone is 1. The third-order valence-electron chi connectivity index (χ3n) is 6.85. The van der Waals surface area contributed by atoms with Gasteiger partial charge in [0.15, 0.2) is 6.54 Å². The molecule has 0 spiro atoms. The highest BCUT2D eigenvalue weighted by Gasteiger charge is 2.22. The minimum atomic E-state index is -0.491. The van der Waals surface area contributed by atoms with Crippen LogP contribution in [-0.2, 0) is 47.7 Å². The number of hydrogen-bond acceptors (Lipinski definition) is 11. The summed E-state index contributed by atoms with van der Waals surface area (Å²) in [4.78, 5) is 57.8. The number of unbranched alkanes of at least 4 members (excludes halogenated alkanes) is 8. The third-order valence-corrected chi connectivity index (χ3v) is 6.85. The van der Waals surface area contributed by atoms with Crippen LogP contribution < -0.4 is 5.32 Å². The molecule has 0 aliphatic rings. The Labute approximate surface area is 270 Å². The van der Waals surface area contributed by atoms with Crippen molar-refractivity contribution in [3.8, 4) is 0 Å². The number of ether oxygens (including phenoxy) is 5. The number of hydrogen-bond donors (Lipinski definition) is 1. The molecule has 0 aliphatic carbocycles. The van der Waals surface area contributed by atoms with Crippen molar-refractivity contribution in [2.24, 2.45) is 0 Å². The molecule has 0 amide bonds. The lowest BCUT2D eigenvalue weighted by Gasteiger charge is -2.28. The highest BCUT2D eigenvalue weighted by atomic mass is 16.7. The second kappa shape index (κ2) is 27.3. The van der Waals surface area contributed by atoms with Crippen LogP contribution in [0.2, 0.25) is 0 Å². The number of nitrogens with one attached hydrogen (secondary N) is 1. The average Bonchev–Trinajstić information content (AvgIpc) is 2.95. The average molecular weight is 644 g/mol. The SMILES string of the molecule is CCCCCCC(CC=CCCCCCCCC(=O)OCOC(=O)C[N+](C)(C)CCOC(C)=O)OC(=O)CNCCOC(C)=O. The van der Waals surface area contributed by atoms with Crippen LogP contribution in [-0.4, -0.2) is 101 Å². The molecule has 260 valence electrons. The van der Waals surface area contributed by atoms with Crippen LogP contribution in [0.4, 0.5) is 0 Å². The molecule has 0 aliphatic heterocycles. The quantitative estimate of drug-likeness (QED) is 0.0324. The van der Waals surface area contributed by atoms with E-state index in [4.69, 9.17) is 23.7 Å². The number of esters is 5. The first kappa shape index (κ1) is 42.0. The van der Waals surface area contributed by atoms with Gasteiger partial charge in [-0.3, -0.25) is 19.2 Å². The number of quaternary nitrogens is 1. The van der Waals surface area contributed by atoms with E-state index in [1.165, 1.54) is 20.3 Å². The topological polar surface area (TPSA) is 144 Å². The van der Waals surface area contributed by atoms with E-state index in [9.17, 15) is 24.0 Å². The Morgan fingerprint density at radius 2 is 1.38 bits per heavy atom. The smallest absolute Gasteiger partial charge is 0.364 e. The molecule has 1 atom stereocenters. The van der Waals surface area contributed by atoms with Crippen molar-refractivity contribution < 1.29 is 52.1 Å². The molecule has 1 N–H and O–H groups in total. The lowest BCUT2D eigenvalue weighted by Crippen LogP contribution is -2.46. The molecule has 0 bridgehead atoms. The van der Waals surface area contributed by atoms with Crippen molar-refractivity contribution in [2.75, 3.05) is 60.3 Å². The lowest BCUT2D eigenvalue weighted by molar-refractivity contribution is -0.883. The van der Waals surface area contributed by atoms with Gasteiger partial charge in [-0.15, -0.1) is 0 Å². The summed E-state index contributed by atoms with van der Waals surface area (Å²) in [6.45, 7) is 5.89. The molecule has 0 saturated heterocycles. The van der Waals surface area contributed by atoms with Gasteiger partial charge in [-0.05, 0) is 32.1 Å². The molecule has 12 nitrogen and oxygen atoms in total. The van der Waals surface area contributed by atoms with Gasteiger partial charge in [0.2, 0.25) is 6.79 Å². The van der Waals surface area contributed by atoms with Crippen LogP contribution in [0.15, 0.2) is 12.2 Å². The fourth-order valence-corrected chi connectivity index (χ4v) is 4.28. The fraction of sp³-hybridized carbons (Fsp3) is 0.788. The van der Waals surface area contributed by atoms with Gasteiger partial charge in [-0.2, -0.15) is 0 Å². The Morgan fingerprint density at radius 1 is 0.733 bits per heavy atom. The molecule has 0 heterocycles. The molecule has 0 fully saturated rings. The summed E-state index contributed by atoms with van der Waals surface area (Å²) in [7, 11) is 3.64. The van der Waals surface area contributed by atoms with E-state index in [2.05, 4.69) is 24.4 Å². The maximum absolute atomic E-state index is 12.2. The molecule has 12 heteroatoms. The zero-order valence-electron chi connectivity index (χ0n) is 28.4. The van der Waals surface area contributed by atoms with E-state index in [0.29, 0.717) is 25.9 Å². The summed E-state index contributed by atoms with van der Waals surface area (Å²) in [5.41, 5.74) is 0. The summed E-state index contributed by atoms with van der Waals surface area (Å²) in [6, 6.07) is 0. The van der Waals surface area contributed by atoms with Crippen LogP contribution >= 0.6 is 0 Å². The summed E-state index contributed by atoms with van der Waals surface area (Å²) in [5.74, 6) is -1.90. The zero-order chi connectivity index (χ0) is 33.8. The van der Waals surface area contributed by atoms with E-state index >= 15 is 0 Å². The Balaban J connectivity index is 4.02. The maximum atomic E-state index is 12.2. The number of rotatable bonds is 28. The summed E-state index contributed by atoms with van der Waals surface area (Å²) < 4.78 is 25.7. The van der Waals surface area contributed by atoms with Gasteiger partial charge in [0.1, 0.15) is 25.9 Å². The second-order valence-electron chi connectivity index (χ2n) is 11.8. The molecule has 45 heavy (non-hydrogen) atoms. The monoisotopic (exact) mass is 643 g/mol. The van der Waals surface area contributed by atoms with Gasteiger partial charge >= 0.3 is 29.8 Å². The van der Waals surface area contributed by atoms with Crippen LogP contribution in [0.25, 0.3) is 0 Å². The molecule has 0 rings (SSSR count). The van der Waals surface area contributed by atoms with E-state index in [1.807, 2.05) is 14.1 Å². The molecule has 0 saturated carbocycles. The Morgan fingerprint density at radius 3 is 2.09 bits per heavy atom. The van der Waals surface area contributed by atoms with E-state index in [-0.39, 0.29) is 61.2 Å². The molecule has 1 unspecified atom stereocenters. The molecular formula is C33H59N2O10+. The Kier molecular flexibility index (Phi) is 25.5. The van der Waals surface area contributed by atoms with Crippen LogP contribution in [0, 0.1) is 0 Å². The highest BCUT2D eigenvalue weighted by Crippen LogP contribution is 2.14. The summed E-state index contributed by atoms with van der Waals surface area (Å²) in [6.07, 6.45) is 16.1. The van der Waals surface area contributed by atoms with Gasteiger partial charge in [-0.1, -0.05) is 57.6 Å². The largest absolute Gasteiger partial charge is 0.465 e. The first-order chi connectivity index (χ1) is 21.4. The van der Waals surface area contributed by atoms with Crippen LogP contribution in [0.5, 0.6) is 0 Å². The molecule has 0 aromatic heterocycles. The summed E-state index contributed by atoms with van der Waals surface area (Å²) in [5, 5.41) is 2.94. The zero-order valence-corrected chi connectivity index (χ0v) is 28.4. The standard InChI is InChI=1S/C33H59N2O10/c1-6-7-8-15-18-30(45-32(39)25-34-21-23-41-28(2)36)19-16-13-11-9-10-12-14-17-20-31(38)43-27-44-33(40)26-35(4,5)22-24-42-29(3)37/h13,16,30,34H,6-12,14-15,17-27H2,1-5H3/q+1. The van der Waals surface area contributed by atoms with Gasteiger partial charge in [0, 0.05) is 33.2 Å². The van der Waals surface area contributed by atoms with Crippen LogP contribution in [0.1, 0.15) is 104 Å². The van der Waals surface area contributed by atoms with Crippen LogP contribution in [0.3, 0.4) is 0 Å². The van der Waals surface area contributed by atoms with Gasteiger partial charge in [0.25, 0.3) is 0 Å². The first-order valence-corrected chi connectivity index (χ1v) is 16.4. The van der Waals surface area contributed by atoms with Crippen molar-refractivity contribution in [1.82, 2.24) is 5.32 Å². The molecular weight excluding hydrogens is 584 g/mol. The minimum Gasteiger partial charge on any atom is -0.465 e. The predicted octanol–water partition coefficient (Wildman–Crippen LogP) is 4.38. The molecule has 0 aromatic carbocycles. The van der Waals surface area contributed by atoms with E-state index < -0.39 is 18.7 Å². The fourth-order valence-electron chi connectivity index (χ4n) is 4.28. The van der Waals surface area contributed by atoms with Gasteiger partial charge in [-0.25, -0.2) is 4.79 Å². The number of likely N-dealkylation sites (N-methyl/N-ethyl adjacent to an activating group) is 1. The number of nitrogens with zero attached hydrogens (tertiary/aromatic N) is 1. The first-order valence-electron chi connectivity index (χ1n) is 16.4. The van der Waals surface area contributed by atoms with Crippen molar-refractivity contribution in [1.29, 1.82) is 0 Å². The second-order valence-corrected chi connectivity index (χ2v) is 11.8. The van der Waals surface area contributed by atoms with Gasteiger partial charge in [0.05, 0.1) is 20.6 Å². The van der Waals surface area contributed by atoms with E-state index in [1.54, 1.807) is 0 Å². The maximum Gasteiger partial charge on any atom is 0.364 e. The van der Waals surface area contributed by atoms with E-state index in [0.717, 1.165) is 57.8 Å². The normalized spacial score (nSPS) is 12.0. The number of carbonyl (C=O) groups is 5. The van der Waals surface area contributed by atoms with Gasteiger partial charge < -0.3 is 33.5 Å². The van der Waals surface area contributed by atoms with Crippen molar-refractivity contribution in [3.05, 3.63) is 12.2 Å². The Bertz CT molecular complexity index is 876. The van der Waals surface area contributed by atoms with Crippen molar-refractivity contribution in [3.63, 3.8) is 0 Å². The Hall–Kier alpha value is -2.99. The molecule has 0 radical (unpaired) electrons. The number of carbonyl (C=O) groups excluding carboxylic acids is 5. The lowest BCUT2D eigenvalue weighted by atomic mass is 10.1. The summed E-state index contributed by atoms with van der Waals surface area (Å²) >= 11 is 0. The van der Waals surface area contributed by atoms with Crippen molar-refractivity contribution in [2.45, 2.75) is 110 Å². The minimum absolute atomic E-state index is 0.0695. The van der Waals surface area contributed by atoms with Crippen molar-refractivity contribution >= 4 is 29.8 Å².